The molecular weight excluding hydrogens is 1270 g/mol. The van der Waals surface area contributed by atoms with Crippen LogP contribution >= 0.6 is 0 Å². The van der Waals surface area contributed by atoms with Gasteiger partial charge in [0.25, 0.3) is 0 Å². The van der Waals surface area contributed by atoms with Gasteiger partial charge in [-0.3, -0.25) is 0 Å². The molecule has 2 aliphatic carbocycles. The number of hydrogen-bond acceptors (Lipinski definition) is 4. The van der Waals surface area contributed by atoms with Crippen molar-refractivity contribution in [2.45, 2.75) is 83.0 Å². The molecule has 0 amide bonds. The van der Waals surface area contributed by atoms with Crippen LogP contribution in [0.1, 0.15) is 92.7 Å². The molecular formula is C101H84N4. The summed E-state index contributed by atoms with van der Waals surface area (Å²) in [6, 6.07) is 133. The molecule has 0 radical (unpaired) electrons. The van der Waals surface area contributed by atoms with Crippen LogP contribution in [0.2, 0.25) is 0 Å². The van der Waals surface area contributed by atoms with Crippen LogP contribution < -0.4 is 19.6 Å². The van der Waals surface area contributed by atoms with E-state index in [1.807, 2.05) is 0 Å². The number of fused-ring (bicyclic) bond motifs is 6. The van der Waals surface area contributed by atoms with Crippen LogP contribution in [0.25, 0.3) is 76.5 Å². The summed E-state index contributed by atoms with van der Waals surface area (Å²) in [5.74, 6) is 1.25. The van der Waals surface area contributed by atoms with E-state index < -0.39 is 0 Å². The van der Waals surface area contributed by atoms with Gasteiger partial charge in [0.05, 0.1) is 11.4 Å². The van der Waals surface area contributed by atoms with E-state index in [1.165, 1.54) is 141 Å². The molecule has 105 heavy (non-hydrogen) atoms. The molecule has 4 nitrogen and oxygen atoms in total. The molecule has 508 valence electrons. The van der Waals surface area contributed by atoms with Crippen LogP contribution in [0, 0.1) is 6.92 Å². The predicted octanol–water partition coefficient (Wildman–Crippen LogP) is 29.6. The first kappa shape index (κ1) is 64.8. The largest absolute Gasteiger partial charge is 0.310 e. The monoisotopic (exact) mass is 1350 g/mol. The highest BCUT2D eigenvalue weighted by Gasteiger charge is 2.26. The Morgan fingerprint density at radius 2 is 0.552 bits per heavy atom. The molecule has 18 rings (SSSR count). The number of para-hydroxylation sites is 2. The number of rotatable bonds is 17. The van der Waals surface area contributed by atoms with E-state index in [9.17, 15) is 0 Å². The van der Waals surface area contributed by atoms with E-state index in [-0.39, 0.29) is 0 Å². The highest BCUT2D eigenvalue weighted by atomic mass is 15.2. The zero-order chi connectivity index (χ0) is 70.0. The summed E-state index contributed by atoms with van der Waals surface area (Å²) in [5.41, 5.74) is 24.5. The van der Waals surface area contributed by atoms with Crippen molar-refractivity contribution in [1.82, 2.24) is 0 Å². The number of nitrogens with zero attached hydrogens (tertiary/aromatic N) is 4. The van der Waals surface area contributed by atoms with Crippen molar-refractivity contribution < 1.29 is 0 Å². The van der Waals surface area contributed by atoms with E-state index in [0.29, 0.717) is 11.8 Å². The molecule has 16 aromatic rings. The van der Waals surface area contributed by atoms with Crippen molar-refractivity contribution in [2.24, 2.45) is 0 Å². The van der Waals surface area contributed by atoms with Gasteiger partial charge in [-0.2, -0.15) is 0 Å². The van der Waals surface area contributed by atoms with Gasteiger partial charge in [-0.15, -0.1) is 0 Å². The maximum Gasteiger partial charge on any atom is 0.0575 e. The molecule has 2 fully saturated rings. The van der Waals surface area contributed by atoms with Gasteiger partial charge in [-0.25, -0.2) is 0 Å². The van der Waals surface area contributed by atoms with Crippen LogP contribution in [-0.2, 0) is 0 Å². The van der Waals surface area contributed by atoms with Gasteiger partial charge in [0.1, 0.15) is 0 Å². The third-order valence-corrected chi connectivity index (χ3v) is 22.5. The fourth-order valence-corrected chi connectivity index (χ4v) is 17.2. The van der Waals surface area contributed by atoms with Gasteiger partial charge >= 0.3 is 0 Å². The van der Waals surface area contributed by atoms with E-state index in [4.69, 9.17) is 0 Å². The third-order valence-electron chi connectivity index (χ3n) is 22.5. The van der Waals surface area contributed by atoms with Crippen LogP contribution in [0.3, 0.4) is 0 Å². The lowest BCUT2D eigenvalue weighted by molar-refractivity contribution is 0.443. The minimum atomic E-state index is 0.600. The molecule has 0 spiro atoms. The van der Waals surface area contributed by atoms with Gasteiger partial charge in [0.2, 0.25) is 0 Å². The van der Waals surface area contributed by atoms with Crippen molar-refractivity contribution >= 4 is 111 Å². The minimum Gasteiger partial charge on any atom is -0.310 e. The highest BCUT2D eigenvalue weighted by Crippen LogP contribution is 2.50. The molecule has 0 aliphatic heterocycles. The van der Waals surface area contributed by atoms with Crippen molar-refractivity contribution in [3.8, 4) is 33.4 Å². The molecule has 0 atom stereocenters. The van der Waals surface area contributed by atoms with Crippen molar-refractivity contribution in [2.75, 3.05) is 19.6 Å². The molecule has 0 bridgehead atoms. The Hall–Kier alpha value is -12.2. The molecule has 0 heterocycles. The zero-order valence-electron chi connectivity index (χ0n) is 59.6. The molecule has 16 aromatic carbocycles. The van der Waals surface area contributed by atoms with Gasteiger partial charge in [0.15, 0.2) is 0 Å². The summed E-state index contributed by atoms with van der Waals surface area (Å²) in [7, 11) is 0. The number of anilines is 12. The van der Waals surface area contributed by atoms with E-state index in [2.05, 4.69) is 384 Å². The lowest BCUT2D eigenvalue weighted by atomic mass is 9.84. The Bertz CT molecular complexity index is 5750. The quantitative estimate of drug-likeness (QED) is 0.0843. The number of benzene rings is 16. The molecule has 0 saturated heterocycles. The van der Waals surface area contributed by atoms with E-state index in [1.54, 1.807) is 0 Å². The molecule has 0 aromatic heterocycles. The summed E-state index contributed by atoms with van der Waals surface area (Å²) in [5, 5.41) is 9.61. The Balaban J connectivity index is 0.744. The van der Waals surface area contributed by atoms with Gasteiger partial charge in [0, 0.05) is 67.6 Å². The summed E-state index contributed by atoms with van der Waals surface area (Å²) in [6.45, 7) is 2.34. The van der Waals surface area contributed by atoms with E-state index in [0.717, 1.165) is 84.3 Å². The first-order chi connectivity index (χ1) is 52.0. The normalized spacial score (nSPS) is 13.5. The van der Waals surface area contributed by atoms with Crippen molar-refractivity contribution in [1.29, 1.82) is 0 Å². The summed E-state index contributed by atoms with van der Waals surface area (Å²) in [6.07, 6.45) is 13.0. The maximum absolute atomic E-state index is 2.54. The summed E-state index contributed by atoms with van der Waals surface area (Å²) in [4.78, 5) is 9.85. The van der Waals surface area contributed by atoms with E-state index >= 15 is 0 Å². The molecule has 2 aliphatic rings. The Morgan fingerprint density at radius 1 is 0.210 bits per heavy atom. The molecule has 4 heteroatoms. The number of hydrogen-bond donors (Lipinski definition) is 0. The first-order valence-electron chi connectivity index (χ1n) is 37.9. The van der Waals surface area contributed by atoms with Crippen molar-refractivity contribution in [3.63, 3.8) is 0 Å². The Morgan fingerprint density at radius 3 is 1.06 bits per heavy atom. The SMILES string of the molecule is Cc1c(N(c2ccc(-c3cccc(N(c4cccc(-c5ccccc5)c4)c4cc5ccc(N(c6ccccc6)c6cccc(-c7ccccc7)c6)cc5c5ccccc45)c3)cc2)c2ccc(C3CCCCC3)cc2)c2ccccc2c2cc(N(c3ccccc3)c3ccc(C4CCCCC4)cc3)ccc12. The lowest BCUT2D eigenvalue weighted by Crippen LogP contribution is -2.13. The topological polar surface area (TPSA) is 13.0 Å². The average molecular weight is 1350 g/mol. The smallest absolute Gasteiger partial charge is 0.0575 e. The first-order valence-corrected chi connectivity index (χ1v) is 37.9. The zero-order valence-corrected chi connectivity index (χ0v) is 59.6. The van der Waals surface area contributed by atoms with Crippen LogP contribution in [0.4, 0.5) is 68.2 Å². The number of aryl methyl sites for hydroxylation is 1. The average Bonchev–Trinajstić information content (AvgIpc) is 0.733. The Labute approximate surface area is 618 Å². The summed E-state index contributed by atoms with van der Waals surface area (Å²) < 4.78 is 0. The van der Waals surface area contributed by atoms with Crippen LogP contribution in [0.5, 0.6) is 0 Å². The molecule has 2 saturated carbocycles. The van der Waals surface area contributed by atoms with Gasteiger partial charge in [-0.1, -0.05) is 269 Å². The summed E-state index contributed by atoms with van der Waals surface area (Å²) >= 11 is 0. The highest BCUT2D eigenvalue weighted by molar-refractivity contribution is 6.18. The third kappa shape index (κ3) is 12.9. The lowest BCUT2D eigenvalue weighted by Gasteiger charge is -2.31. The van der Waals surface area contributed by atoms with Crippen LogP contribution in [0.15, 0.2) is 358 Å². The predicted molar refractivity (Wildman–Crippen MR) is 448 cm³/mol. The van der Waals surface area contributed by atoms with Crippen LogP contribution in [-0.4, -0.2) is 0 Å². The minimum absolute atomic E-state index is 0.600. The molecule has 0 N–H and O–H groups in total. The van der Waals surface area contributed by atoms with Gasteiger partial charge < -0.3 is 19.6 Å². The second-order valence-electron chi connectivity index (χ2n) is 28.9. The maximum atomic E-state index is 2.54. The van der Waals surface area contributed by atoms with Crippen molar-refractivity contribution in [3.05, 3.63) is 375 Å². The Kier molecular flexibility index (Phi) is 17.8. The fourth-order valence-electron chi connectivity index (χ4n) is 17.2. The standard InChI is InChI=1S/C101H84N4/c1-71-93-64-63-92(102(83-38-16-6-17-39-83)85-56-49-76(50-57-85)72-27-8-2-9-28-72)70-99(93)95-46-21-23-48-97(95)101(71)105(86-58-51-77(52-59-86)73-29-10-3-11-30-73)87-60-53-78(54-61-87)81-37-26-44-90(67-81)104(89-43-25-36-80(66-89)75-33-14-5-15-34-75)100-68-82-55-62-91(69-98(82)94-45-20-22-47-96(94)100)103(84-40-18-7-19-41-84)88-42-24-35-79(65-88)74-31-12-4-13-32-74/h4-7,12-26,31-70,72-73H,2-3,8-11,27-30H2,1H3. The fraction of sp³-hybridized carbons (Fsp3) is 0.129. The molecule has 0 unspecified atom stereocenters. The van der Waals surface area contributed by atoms with Gasteiger partial charge in [-0.05, 0) is 254 Å². The second-order valence-corrected chi connectivity index (χ2v) is 28.9. The second kappa shape index (κ2) is 28.9.